The molecule has 0 saturated carbocycles. The minimum Gasteiger partial charge on any atom is -0.399 e. The molecule has 1 aromatic carbocycles. The number of hydrogen-bond donors (Lipinski definition) is 1. The fourth-order valence-corrected chi connectivity index (χ4v) is 3.26. The standard InChI is InChI=1S/C16H19BrN4/c17-14-9-13(10-15(18)11-14)12-20-5-7-21(8-6-20)16-3-1-2-4-19-16/h1-4,9-11H,5-8,12,18H2. The minimum atomic E-state index is 0.812. The SMILES string of the molecule is Nc1cc(Br)cc(CN2CCN(c3ccccn3)CC2)c1. The highest BCUT2D eigenvalue weighted by Crippen LogP contribution is 2.20. The van der Waals surface area contributed by atoms with E-state index in [0.29, 0.717) is 0 Å². The largest absolute Gasteiger partial charge is 0.399 e. The molecule has 1 saturated heterocycles. The summed E-state index contributed by atoms with van der Waals surface area (Å²) in [6.07, 6.45) is 1.85. The van der Waals surface area contributed by atoms with Crippen LogP contribution in [0.25, 0.3) is 0 Å². The van der Waals surface area contributed by atoms with E-state index in [4.69, 9.17) is 5.73 Å². The molecule has 0 aliphatic carbocycles. The summed E-state index contributed by atoms with van der Waals surface area (Å²) >= 11 is 3.50. The van der Waals surface area contributed by atoms with Crippen LogP contribution in [0.15, 0.2) is 47.1 Å². The summed E-state index contributed by atoms with van der Waals surface area (Å²) in [6.45, 7) is 5.06. The molecule has 4 nitrogen and oxygen atoms in total. The molecule has 0 atom stereocenters. The monoisotopic (exact) mass is 346 g/mol. The van der Waals surface area contributed by atoms with E-state index in [1.807, 2.05) is 24.4 Å². The number of aromatic nitrogens is 1. The number of nitrogens with two attached hydrogens (primary N) is 1. The van der Waals surface area contributed by atoms with E-state index in [-0.39, 0.29) is 0 Å². The molecule has 1 fully saturated rings. The van der Waals surface area contributed by atoms with Crippen LogP contribution in [-0.2, 0) is 6.54 Å². The summed E-state index contributed by atoms with van der Waals surface area (Å²) in [5.41, 5.74) is 7.97. The zero-order valence-electron chi connectivity index (χ0n) is 11.9. The third kappa shape index (κ3) is 3.74. The fourth-order valence-electron chi connectivity index (χ4n) is 2.70. The van der Waals surface area contributed by atoms with Crippen molar-refractivity contribution in [1.82, 2.24) is 9.88 Å². The molecular weight excluding hydrogens is 328 g/mol. The molecule has 0 bridgehead atoms. The molecule has 0 amide bonds. The van der Waals surface area contributed by atoms with Crippen LogP contribution in [0.4, 0.5) is 11.5 Å². The van der Waals surface area contributed by atoms with E-state index < -0.39 is 0 Å². The first-order valence-electron chi connectivity index (χ1n) is 7.14. The Kier molecular flexibility index (Phi) is 4.41. The molecule has 2 aromatic rings. The summed E-state index contributed by atoms with van der Waals surface area (Å²) in [7, 11) is 0. The Labute approximate surface area is 133 Å². The highest BCUT2D eigenvalue weighted by atomic mass is 79.9. The molecule has 5 heteroatoms. The van der Waals surface area contributed by atoms with Crippen LogP contribution in [0.5, 0.6) is 0 Å². The molecule has 2 N–H and O–H groups in total. The lowest BCUT2D eigenvalue weighted by Crippen LogP contribution is -2.46. The molecule has 0 unspecified atom stereocenters. The Balaban J connectivity index is 1.58. The lowest BCUT2D eigenvalue weighted by molar-refractivity contribution is 0.249. The number of benzene rings is 1. The number of anilines is 2. The van der Waals surface area contributed by atoms with Crippen molar-refractivity contribution < 1.29 is 0 Å². The van der Waals surface area contributed by atoms with Crippen LogP contribution in [0.3, 0.4) is 0 Å². The molecule has 2 heterocycles. The lowest BCUT2D eigenvalue weighted by Gasteiger charge is -2.35. The maximum absolute atomic E-state index is 5.90. The topological polar surface area (TPSA) is 45.4 Å². The van der Waals surface area contributed by atoms with Gasteiger partial charge in [0.15, 0.2) is 0 Å². The maximum Gasteiger partial charge on any atom is 0.128 e. The van der Waals surface area contributed by atoms with Gasteiger partial charge in [0.2, 0.25) is 0 Å². The van der Waals surface area contributed by atoms with Gasteiger partial charge in [0, 0.05) is 49.1 Å². The fraction of sp³-hybridized carbons (Fsp3) is 0.312. The number of pyridine rings is 1. The molecule has 0 spiro atoms. The average Bonchev–Trinajstić information content (AvgIpc) is 2.48. The van der Waals surface area contributed by atoms with Crippen LogP contribution in [0.2, 0.25) is 0 Å². The average molecular weight is 347 g/mol. The highest BCUT2D eigenvalue weighted by Gasteiger charge is 2.17. The number of nitrogen functional groups attached to an aromatic ring is 1. The van der Waals surface area contributed by atoms with Crippen molar-refractivity contribution >= 4 is 27.4 Å². The quantitative estimate of drug-likeness (QED) is 0.868. The van der Waals surface area contributed by atoms with Crippen molar-refractivity contribution in [2.24, 2.45) is 0 Å². The Morgan fingerprint density at radius 3 is 2.57 bits per heavy atom. The van der Waals surface area contributed by atoms with Gasteiger partial charge in [-0.25, -0.2) is 4.98 Å². The van der Waals surface area contributed by atoms with Crippen LogP contribution in [0, 0.1) is 0 Å². The van der Waals surface area contributed by atoms with Crippen molar-refractivity contribution in [3.63, 3.8) is 0 Å². The van der Waals surface area contributed by atoms with Gasteiger partial charge < -0.3 is 10.6 Å². The van der Waals surface area contributed by atoms with E-state index in [2.05, 4.69) is 48.9 Å². The summed E-state index contributed by atoms with van der Waals surface area (Å²) < 4.78 is 1.05. The van der Waals surface area contributed by atoms with Gasteiger partial charge in [-0.3, -0.25) is 4.90 Å². The summed E-state index contributed by atoms with van der Waals surface area (Å²) in [4.78, 5) is 9.22. The first-order chi connectivity index (χ1) is 10.2. The Morgan fingerprint density at radius 1 is 1.10 bits per heavy atom. The normalized spacial score (nSPS) is 16.1. The molecule has 110 valence electrons. The van der Waals surface area contributed by atoms with Gasteiger partial charge in [0.25, 0.3) is 0 Å². The van der Waals surface area contributed by atoms with E-state index in [1.165, 1.54) is 5.56 Å². The van der Waals surface area contributed by atoms with E-state index in [0.717, 1.165) is 48.7 Å². The second kappa shape index (κ2) is 6.45. The number of nitrogens with zero attached hydrogens (tertiary/aromatic N) is 3. The van der Waals surface area contributed by atoms with Gasteiger partial charge >= 0.3 is 0 Å². The third-order valence-corrected chi connectivity index (χ3v) is 4.19. The van der Waals surface area contributed by atoms with Gasteiger partial charge in [-0.2, -0.15) is 0 Å². The van der Waals surface area contributed by atoms with Crippen LogP contribution in [-0.4, -0.2) is 36.1 Å². The van der Waals surface area contributed by atoms with Gasteiger partial charge in [-0.05, 0) is 35.9 Å². The van der Waals surface area contributed by atoms with Crippen LogP contribution < -0.4 is 10.6 Å². The summed E-state index contributed by atoms with van der Waals surface area (Å²) in [6, 6.07) is 12.2. The van der Waals surface area contributed by atoms with E-state index >= 15 is 0 Å². The van der Waals surface area contributed by atoms with Gasteiger partial charge in [0.05, 0.1) is 0 Å². The first kappa shape index (κ1) is 14.4. The predicted molar refractivity (Wildman–Crippen MR) is 90.3 cm³/mol. The molecule has 0 radical (unpaired) electrons. The molecular formula is C16H19BrN4. The maximum atomic E-state index is 5.90. The summed E-state index contributed by atoms with van der Waals surface area (Å²) in [5.74, 6) is 1.07. The molecule has 1 aliphatic rings. The van der Waals surface area contributed by atoms with Gasteiger partial charge in [-0.15, -0.1) is 0 Å². The third-order valence-electron chi connectivity index (χ3n) is 3.73. The van der Waals surface area contributed by atoms with Crippen molar-refractivity contribution in [3.8, 4) is 0 Å². The Bertz CT molecular complexity index is 574. The minimum absolute atomic E-state index is 0.812. The van der Waals surface area contributed by atoms with Crippen molar-refractivity contribution in [3.05, 3.63) is 52.6 Å². The predicted octanol–water partition coefficient (Wildman–Crippen LogP) is 2.75. The smallest absolute Gasteiger partial charge is 0.128 e. The highest BCUT2D eigenvalue weighted by molar-refractivity contribution is 9.10. The molecule has 1 aliphatic heterocycles. The number of rotatable bonds is 3. The van der Waals surface area contributed by atoms with Crippen LogP contribution in [0.1, 0.15) is 5.56 Å². The van der Waals surface area contributed by atoms with Crippen molar-refractivity contribution in [2.45, 2.75) is 6.54 Å². The molecule has 1 aromatic heterocycles. The molecule has 21 heavy (non-hydrogen) atoms. The number of hydrogen-bond acceptors (Lipinski definition) is 4. The number of halogens is 1. The second-order valence-electron chi connectivity index (χ2n) is 5.34. The van der Waals surface area contributed by atoms with Crippen molar-refractivity contribution in [2.75, 3.05) is 36.8 Å². The van der Waals surface area contributed by atoms with Crippen molar-refractivity contribution in [1.29, 1.82) is 0 Å². The lowest BCUT2D eigenvalue weighted by atomic mass is 10.1. The second-order valence-corrected chi connectivity index (χ2v) is 6.26. The zero-order valence-corrected chi connectivity index (χ0v) is 13.5. The van der Waals surface area contributed by atoms with E-state index in [1.54, 1.807) is 0 Å². The van der Waals surface area contributed by atoms with Gasteiger partial charge in [0.1, 0.15) is 5.82 Å². The Hall–Kier alpha value is -1.59. The summed E-state index contributed by atoms with van der Waals surface area (Å²) in [5, 5.41) is 0. The zero-order chi connectivity index (χ0) is 14.7. The van der Waals surface area contributed by atoms with Gasteiger partial charge in [-0.1, -0.05) is 22.0 Å². The Morgan fingerprint density at radius 2 is 1.90 bits per heavy atom. The number of piperazine rings is 1. The van der Waals surface area contributed by atoms with E-state index in [9.17, 15) is 0 Å². The first-order valence-corrected chi connectivity index (χ1v) is 7.93. The molecule has 3 rings (SSSR count). The van der Waals surface area contributed by atoms with Crippen LogP contribution >= 0.6 is 15.9 Å².